The lowest BCUT2D eigenvalue weighted by Gasteiger charge is -2.41. The molecule has 2 saturated heterocycles. The summed E-state index contributed by atoms with van der Waals surface area (Å²) in [6.45, 7) is 23.7. The van der Waals surface area contributed by atoms with Gasteiger partial charge in [-0.05, 0) is 142 Å². The highest BCUT2D eigenvalue weighted by Gasteiger charge is 2.35. The monoisotopic (exact) mass is 917 g/mol. The zero-order valence-corrected chi connectivity index (χ0v) is 42.2. The van der Waals surface area contributed by atoms with Crippen LogP contribution in [0.3, 0.4) is 0 Å². The second-order valence-electron chi connectivity index (χ2n) is 18.6. The number of methoxy groups -OCH3 is 2. The first-order valence-electron chi connectivity index (χ1n) is 24.0. The van der Waals surface area contributed by atoms with Gasteiger partial charge in [0.15, 0.2) is 0 Å². The quantitative estimate of drug-likeness (QED) is 0.115. The van der Waals surface area contributed by atoms with E-state index in [4.69, 9.17) is 23.7 Å². The van der Waals surface area contributed by atoms with Crippen molar-refractivity contribution < 1.29 is 38.1 Å². The summed E-state index contributed by atoms with van der Waals surface area (Å²) < 4.78 is 28.0. The Morgan fingerprint density at radius 2 is 1.20 bits per heavy atom. The Balaban J connectivity index is 0.000000444. The second kappa shape index (κ2) is 29.9. The van der Waals surface area contributed by atoms with Crippen LogP contribution in [0.2, 0.25) is 0 Å². The number of nitrogens with zero attached hydrogens (tertiary/aromatic N) is 3. The fourth-order valence-electron chi connectivity index (χ4n) is 8.25. The number of unbranched alkanes of at least 4 members (excludes halogenated alkanes) is 2. The summed E-state index contributed by atoms with van der Waals surface area (Å²) in [5.74, 6) is 1.70. The normalized spacial score (nSPS) is 16.4. The molecule has 0 aliphatic carbocycles. The number of carbonyl (C=O) groups excluding carboxylic acids is 3. The Labute approximate surface area is 393 Å². The van der Waals surface area contributed by atoms with Crippen LogP contribution >= 0.6 is 12.4 Å². The topological polar surface area (TPSA) is 119 Å². The third-order valence-corrected chi connectivity index (χ3v) is 11.4. The van der Waals surface area contributed by atoms with Gasteiger partial charge in [0.1, 0.15) is 17.1 Å². The maximum absolute atomic E-state index is 13.8. The molecule has 13 heteroatoms. The molecule has 12 nitrogen and oxygen atoms in total. The number of piperidine rings is 2. The molecular weight excluding hydrogens is 832 g/mol. The number of rotatable bonds is 22. The van der Waals surface area contributed by atoms with Crippen molar-refractivity contribution in [2.24, 2.45) is 0 Å². The van der Waals surface area contributed by atoms with Gasteiger partial charge in [-0.1, -0.05) is 38.8 Å². The Bertz CT molecular complexity index is 1660. The molecule has 2 heterocycles. The predicted molar refractivity (Wildman–Crippen MR) is 261 cm³/mol. The van der Waals surface area contributed by atoms with Crippen molar-refractivity contribution in [3.63, 3.8) is 0 Å². The van der Waals surface area contributed by atoms with Gasteiger partial charge < -0.3 is 43.7 Å². The van der Waals surface area contributed by atoms with Crippen LogP contribution in [0.15, 0.2) is 36.4 Å². The van der Waals surface area contributed by atoms with Crippen LogP contribution in [0.1, 0.15) is 158 Å². The fraction of sp³-hybridized carbons (Fsp3) is 0.706. The lowest BCUT2D eigenvalue weighted by Crippen LogP contribution is -2.54. The predicted octanol–water partition coefficient (Wildman–Crippen LogP) is 10.2. The summed E-state index contributed by atoms with van der Waals surface area (Å²) in [5.41, 5.74) is 3.12. The number of amides is 3. The van der Waals surface area contributed by atoms with Crippen molar-refractivity contribution in [1.29, 1.82) is 0 Å². The molecule has 0 radical (unpaired) electrons. The molecule has 2 fully saturated rings. The van der Waals surface area contributed by atoms with Gasteiger partial charge in [-0.2, -0.15) is 0 Å². The molecule has 0 saturated carbocycles. The molecule has 2 aliphatic rings. The van der Waals surface area contributed by atoms with E-state index in [0.717, 1.165) is 113 Å². The van der Waals surface area contributed by atoms with Crippen molar-refractivity contribution in [2.45, 2.75) is 169 Å². The average Bonchev–Trinajstić information content (AvgIpc) is 3.25. The van der Waals surface area contributed by atoms with Gasteiger partial charge in [0.2, 0.25) is 0 Å². The minimum atomic E-state index is -0.545. The molecule has 2 atom stereocenters. The highest BCUT2D eigenvalue weighted by atomic mass is 35.5. The molecule has 2 aliphatic heterocycles. The van der Waals surface area contributed by atoms with E-state index >= 15 is 0 Å². The van der Waals surface area contributed by atoms with E-state index in [1.807, 2.05) is 74.8 Å². The highest BCUT2D eigenvalue weighted by Crippen LogP contribution is 2.28. The summed E-state index contributed by atoms with van der Waals surface area (Å²) >= 11 is 0. The third kappa shape index (κ3) is 18.7. The van der Waals surface area contributed by atoms with Gasteiger partial charge in [-0.15, -0.1) is 12.4 Å². The summed E-state index contributed by atoms with van der Waals surface area (Å²) in [6, 6.07) is 12.2. The lowest BCUT2D eigenvalue weighted by molar-refractivity contribution is 0.00751. The molecule has 2 aromatic rings. The van der Waals surface area contributed by atoms with E-state index in [2.05, 4.69) is 39.1 Å². The van der Waals surface area contributed by atoms with Crippen LogP contribution in [0.4, 0.5) is 4.79 Å². The second-order valence-corrected chi connectivity index (χ2v) is 18.6. The molecule has 0 aromatic heterocycles. The number of hydrogen-bond donors (Lipinski definition) is 1. The lowest BCUT2D eigenvalue weighted by atomic mass is 10.00. The number of ether oxygens (including phenoxy) is 5. The van der Waals surface area contributed by atoms with Crippen LogP contribution in [0.5, 0.6) is 11.5 Å². The number of hydrogen-bond acceptors (Lipinski definition) is 9. The maximum atomic E-state index is 13.8. The number of benzene rings is 2. The Morgan fingerprint density at radius 3 is 1.62 bits per heavy atom. The first-order chi connectivity index (χ1) is 30.1. The largest absolute Gasteiger partial charge is 0.493 e. The smallest absolute Gasteiger partial charge is 0.410 e. The molecule has 64 heavy (non-hydrogen) atoms. The van der Waals surface area contributed by atoms with Gasteiger partial charge in [0, 0.05) is 89.2 Å². The van der Waals surface area contributed by atoms with Gasteiger partial charge >= 0.3 is 6.09 Å². The van der Waals surface area contributed by atoms with Crippen molar-refractivity contribution in [1.82, 2.24) is 20.0 Å². The molecule has 3 amide bonds. The van der Waals surface area contributed by atoms with Crippen molar-refractivity contribution >= 4 is 30.3 Å². The third-order valence-electron chi connectivity index (χ3n) is 11.4. The molecular formula is C51H85ClN4O8. The van der Waals surface area contributed by atoms with Crippen LogP contribution in [0.25, 0.3) is 0 Å². The van der Waals surface area contributed by atoms with Gasteiger partial charge in [0.05, 0.1) is 19.3 Å². The van der Waals surface area contributed by atoms with E-state index in [-0.39, 0.29) is 54.5 Å². The first-order valence-corrected chi connectivity index (χ1v) is 24.0. The van der Waals surface area contributed by atoms with E-state index in [9.17, 15) is 14.4 Å². The fourth-order valence-corrected chi connectivity index (χ4v) is 8.25. The zero-order chi connectivity index (χ0) is 46.4. The summed E-state index contributed by atoms with van der Waals surface area (Å²) in [7, 11) is 3.38. The van der Waals surface area contributed by atoms with E-state index < -0.39 is 5.60 Å². The van der Waals surface area contributed by atoms with Crippen molar-refractivity contribution in [3.8, 4) is 11.5 Å². The number of aryl methyl sites for hydroxylation is 2. The average molecular weight is 918 g/mol. The molecule has 0 bridgehead atoms. The van der Waals surface area contributed by atoms with Crippen LogP contribution in [-0.4, -0.2) is 129 Å². The summed E-state index contributed by atoms with van der Waals surface area (Å²) in [4.78, 5) is 45.5. The number of halogens is 1. The zero-order valence-electron chi connectivity index (χ0n) is 41.4. The standard InChI is InChI=1S/C28H46N2O5.C23H38N2O3.ClH/c1-8-9-12-22-14-15-23(19-25(22)34-18-11-17-33-7)26(31)30(21(2)3)24-13-10-16-29(20-24)27(32)35-28(4,5)6;1-5-6-9-19-11-12-20(16-22(19)28-15-8-14-27-4)23(26)25(18(2)3)21-10-7-13-24-17-21;/h14-15,19,21,24H,8-13,16-18,20H2,1-7H3;11-12,16,18,21,24H,5-10,13-15,17H2,1-4H3;1H/t24-;21-;/m11./s1. The number of likely N-dealkylation sites (tertiary alicyclic amines) is 1. The van der Waals surface area contributed by atoms with Crippen LogP contribution in [-0.2, 0) is 27.1 Å². The number of carbonyl (C=O) groups is 3. The van der Waals surface area contributed by atoms with E-state index in [1.165, 1.54) is 5.56 Å². The minimum Gasteiger partial charge on any atom is -0.493 e. The maximum Gasteiger partial charge on any atom is 0.410 e. The van der Waals surface area contributed by atoms with E-state index in [0.29, 0.717) is 45.1 Å². The van der Waals surface area contributed by atoms with Gasteiger partial charge in [-0.3, -0.25) is 9.59 Å². The van der Waals surface area contributed by atoms with Crippen LogP contribution in [0, 0.1) is 0 Å². The Hall–Kier alpha value is -3.58. The Kier molecular flexibility index (Phi) is 26.4. The number of nitrogens with one attached hydrogen (secondary N) is 1. The highest BCUT2D eigenvalue weighted by molar-refractivity contribution is 5.96. The van der Waals surface area contributed by atoms with Gasteiger partial charge in [-0.25, -0.2) is 4.79 Å². The first kappa shape index (κ1) is 56.5. The summed E-state index contributed by atoms with van der Waals surface area (Å²) in [5, 5.41) is 3.43. The Morgan fingerprint density at radius 1 is 0.719 bits per heavy atom. The van der Waals surface area contributed by atoms with Crippen molar-refractivity contribution in [3.05, 3.63) is 58.7 Å². The molecule has 364 valence electrons. The molecule has 4 rings (SSSR count). The molecule has 2 aromatic carbocycles. The molecule has 0 spiro atoms. The van der Waals surface area contributed by atoms with E-state index in [1.54, 1.807) is 19.1 Å². The van der Waals surface area contributed by atoms with Crippen molar-refractivity contribution in [2.75, 3.05) is 66.8 Å². The van der Waals surface area contributed by atoms with Crippen LogP contribution < -0.4 is 14.8 Å². The summed E-state index contributed by atoms with van der Waals surface area (Å²) in [6.07, 6.45) is 11.5. The molecule has 1 N–H and O–H groups in total. The molecule has 0 unspecified atom stereocenters. The minimum absolute atomic E-state index is 0. The van der Waals surface area contributed by atoms with Gasteiger partial charge in [0.25, 0.3) is 11.8 Å². The SMILES string of the molecule is CCCCc1ccc(C(=O)N(C(C)C)[C@@H]2CCCN(C(=O)OC(C)(C)C)C2)cc1OCCCOC.CCCCc1ccc(C(=O)N(C(C)C)[C@@H]2CCCNC2)cc1OCCCOC.Cl.